The highest BCUT2D eigenvalue weighted by molar-refractivity contribution is 5.44. The molecule has 17 heavy (non-hydrogen) atoms. The maximum absolute atomic E-state index is 5.93. The minimum absolute atomic E-state index is 0.358. The van der Waals surface area contributed by atoms with E-state index < -0.39 is 0 Å². The Morgan fingerprint density at radius 1 is 1.06 bits per heavy atom. The molecule has 1 saturated carbocycles. The second-order valence-corrected chi connectivity index (χ2v) is 5.17. The van der Waals surface area contributed by atoms with Gasteiger partial charge in [0.1, 0.15) is 0 Å². The summed E-state index contributed by atoms with van der Waals surface area (Å²) in [6.45, 7) is 0.358. The van der Waals surface area contributed by atoms with Crippen LogP contribution in [0.5, 0.6) is 11.5 Å². The van der Waals surface area contributed by atoms with Gasteiger partial charge in [0.05, 0.1) is 0 Å². The Balaban J connectivity index is 1.65. The van der Waals surface area contributed by atoms with Gasteiger partial charge in [0.2, 0.25) is 6.79 Å². The smallest absolute Gasteiger partial charge is 0.231 e. The SMILES string of the molecule is NC1CCC(Cc2ccc3c(c2)OCO3)CC1. The van der Waals surface area contributed by atoms with Crippen molar-refractivity contribution in [2.45, 2.75) is 38.1 Å². The van der Waals surface area contributed by atoms with Gasteiger partial charge in [-0.1, -0.05) is 6.07 Å². The zero-order valence-corrected chi connectivity index (χ0v) is 10.0. The van der Waals surface area contributed by atoms with Crippen LogP contribution in [0.15, 0.2) is 18.2 Å². The van der Waals surface area contributed by atoms with E-state index in [0.29, 0.717) is 12.8 Å². The highest BCUT2D eigenvalue weighted by Gasteiger charge is 2.20. The normalized spacial score (nSPS) is 27.1. The van der Waals surface area contributed by atoms with E-state index in [1.165, 1.54) is 31.2 Å². The number of fused-ring (bicyclic) bond motifs is 1. The van der Waals surface area contributed by atoms with Crippen molar-refractivity contribution in [3.05, 3.63) is 23.8 Å². The number of nitrogens with two attached hydrogens (primary N) is 1. The molecule has 1 aromatic rings. The Morgan fingerprint density at radius 3 is 2.65 bits per heavy atom. The first-order chi connectivity index (χ1) is 8.31. The quantitative estimate of drug-likeness (QED) is 0.853. The van der Waals surface area contributed by atoms with E-state index in [1.807, 2.05) is 6.07 Å². The summed E-state index contributed by atoms with van der Waals surface area (Å²) in [6.07, 6.45) is 6.01. The first-order valence-corrected chi connectivity index (χ1v) is 6.45. The Kier molecular flexibility index (Phi) is 2.93. The van der Waals surface area contributed by atoms with Crippen molar-refractivity contribution < 1.29 is 9.47 Å². The molecule has 0 unspecified atom stereocenters. The third kappa shape index (κ3) is 2.39. The van der Waals surface area contributed by atoms with E-state index in [1.54, 1.807) is 0 Å². The topological polar surface area (TPSA) is 44.5 Å². The number of ether oxygens (including phenoxy) is 2. The molecule has 0 spiro atoms. The monoisotopic (exact) mass is 233 g/mol. The predicted octanol–water partition coefficient (Wildman–Crippen LogP) is 2.48. The van der Waals surface area contributed by atoms with Crippen LogP contribution in [0.3, 0.4) is 0 Å². The molecule has 1 fully saturated rings. The minimum Gasteiger partial charge on any atom is -0.454 e. The zero-order chi connectivity index (χ0) is 11.7. The van der Waals surface area contributed by atoms with Gasteiger partial charge in [-0.3, -0.25) is 0 Å². The lowest BCUT2D eigenvalue weighted by Gasteiger charge is -2.26. The van der Waals surface area contributed by atoms with Crippen LogP contribution in [-0.4, -0.2) is 12.8 Å². The summed E-state index contributed by atoms with van der Waals surface area (Å²) in [7, 11) is 0. The molecule has 3 rings (SSSR count). The summed E-state index contributed by atoms with van der Waals surface area (Å²) >= 11 is 0. The average Bonchev–Trinajstić information content (AvgIpc) is 2.79. The minimum atomic E-state index is 0.358. The molecule has 1 aliphatic heterocycles. The molecule has 1 aromatic carbocycles. The second-order valence-electron chi connectivity index (χ2n) is 5.17. The second kappa shape index (κ2) is 4.57. The van der Waals surface area contributed by atoms with Crippen LogP contribution < -0.4 is 15.2 Å². The molecule has 0 aromatic heterocycles. The standard InChI is InChI=1S/C14H19NO2/c15-12-4-1-10(2-5-12)7-11-3-6-13-14(8-11)17-9-16-13/h3,6,8,10,12H,1-2,4-5,7,9,15H2. The van der Waals surface area contributed by atoms with E-state index in [2.05, 4.69) is 12.1 Å². The predicted molar refractivity (Wildman–Crippen MR) is 66.2 cm³/mol. The molecule has 0 saturated heterocycles. The Labute approximate surface area is 102 Å². The summed E-state index contributed by atoms with van der Waals surface area (Å²) in [6, 6.07) is 6.73. The molecule has 0 bridgehead atoms. The molecule has 2 aliphatic rings. The Morgan fingerprint density at radius 2 is 1.82 bits per heavy atom. The molecule has 2 N–H and O–H groups in total. The van der Waals surface area contributed by atoms with Crippen LogP contribution in [0, 0.1) is 5.92 Å². The van der Waals surface area contributed by atoms with Crippen molar-refractivity contribution in [2.75, 3.05) is 6.79 Å². The van der Waals surface area contributed by atoms with Crippen LogP contribution in [0.25, 0.3) is 0 Å². The lowest BCUT2D eigenvalue weighted by atomic mass is 9.83. The summed E-state index contributed by atoms with van der Waals surface area (Å²) in [5.41, 5.74) is 7.28. The first-order valence-electron chi connectivity index (χ1n) is 6.45. The summed E-state index contributed by atoms with van der Waals surface area (Å²) in [4.78, 5) is 0. The molecule has 0 amide bonds. The maximum atomic E-state index is 5.93. The van der Waals surface area contributed by atoms with Gasteiger partial charge >= 0.3 is 0 Å². The Bertz CT molecular complexity index is 397. The number of benzene rings is 1. The molecule has 1 aliphatic carbocycles. The van der Waals surface area contributed by atoms with E-state index in [0.717, 1.165) is 23.8 Å². The fraction of sp³-hybridized carbons (Fsp3) is 0.571. The Hall–Kier alpha value is -1.22. The summed E-state index contributed by atoms with van der Waals surface area (Å²) in [5.74, 6) is 2.56. The fourth-order valence-electron chi connectivity index (χ4n) is 2.79. The van der Waals surface area contributed by atoms with Crippen molar-refractivity contribution in [3.63, 3.8) is 0 Å². The molecule has 1 heterocycles. The van der Waals surface area contributed by atoms with E-state index in [-0.39, 0.29) is 0 Å². The lowest BCUT2D eigenvalue weighted by molar-refractivity contribution is 0.174. The van der Waals surface area contributed by atoms with Gasteiger partial charge in [-0.2, -0.15) is 0 Å². The highest BCUT2D eigenvalue weighted by Crippen LogP contribution is 2.34. The third-order valence-corrected chi connectivity index (χ3v) is 3.85. The van der Waals surface area contributed by atoms with Gasteiger partial charge < -0.3 is 15.2 Å². The summed E-state index contributed by atoms with van der Waals surface area (Å²) in [5, 5.41) is 0. The van der Waals surface area contributed by atoms with Crippen LogP contribution in [0.4, 0.5) is 0 Å². The molecular weight excluding hydrogens is 214 g/mol. The van der Waals surface area contributed by atoms with Gasteiger partial charge in [-0.15, -0.1) is 0 Å². The van der Waals surface area contributed by atoms with E-state index >= 15 is 0 Å². The number of hydrogen-bond acceptors (Lipinski definition) is 3. The zero-order valence-electron chi connectivity index (χ0n) is 10.0. The van der Waals surface area contributed by atoms with Crippen molar-refractivity contribution in [3.8, 4) is 11.5 Å². The van der Waals surface area contributed by atoms with Crippen molar-refractivity contribution in [2.24, 2.45) is 11.7 Å². The van der Waals surface area contributed by atoms with E-state index in [4.69, 9.17) is 15.2 Å². The summed E-state index contributed by atoms with van der Waals surface area (Å²) < 4.78 is 10.7. The van der Waals surface area contributed by atoms with Gasteiger partial charge in [0.15, 0.2) is 11.5 Å². The molecule has 0 radical (unpaired) electrons. The maximum Gasteiger partial charge on any atom is 0.231 e. The van der Waals surface area contributed by atoms with Crippen LogP contribution in [0.1, 0.15) is 31.2 Å². The molecule has 3 nitrogen and oxygen atoms in total. The van der Waals surface area contributed by atoms with Gasteiger partial charge in [-0.05, 0) is 55.7 Å². The molecule has 92 valence electrons. The van der Waals surface area contributed by atoms with Crippen molar-refractivity contribution in [1.82, 2.24) is 0 Å². The molecular formula is C14H19NO2. The van der Waals surface area contributed by atoms with E-state index in [9.17, 15) is 0 Å². The van der Waals surface area contributed by atoms with Crippen LogP contribution in [-0.2, 0) is 6.42 Å². The van der Waals surface area contributed by atoms with Gasteiger partial charge in [0, 0.05) is 6.04 Å². The highest BCUT2D eigenvalue weighted by atomic mass is 16.7. The van der Waals surface area contributed by atoms with Gasteiger partial charge in [0.25, 0.3) is 0 Å². The first kappa shape index (κ1) is 10.9. The fourth-order valence-corrected chi connectivity index (χ4v) is 2.79. The third-order valence-electron chi connectivity index (χ3n) is 3.85. The molecule has 3 heteroatoms. The lowest BCUT2D eigenvalue weighted by Crippen LogP contribution is -2.27. The van der Waals surface area contributed by atoms with Crippen LogP contribution in [0.2, 0.25) is 0 Å². The van der Waals surface area contributed by atoms with Crippen molar-refractivity contribution in [1.29, 1.82) is 0 Å². The van der Waals surface area contributed by atoms with Gasteiger partial charge in [-0.25, -0.2) is 0 Å². The average molecular weight is 233 g/mol. The number of rotatable bonds is 2. The largest absolute Gasteiger partial charge is 0.454 e. The van der Waals surface area contributed by atoms with Crippen LogP contribution >= 0.6 is 0 Å². The number of hydrogen-bond donors (Lipinski definition) is 1. The van der Waals surface area contributed by atoms with Crippen molar-refractivity contribution >= 4 is 0 Å². The molecule has 0 atom stereocenters.